The van der Waals surface area contributed by atoms with Gasteiger partial charge in [-0.3, -0.25) is 19.3 Å². The molecule has 1 aliphatic heterocycles. The molecule has 168 valence electrons. The van der Waals surface area contributed by atoms with Gasteiger partial charge in [-0.25, -0.2) is 18.8 Å². The summed E-state index contributed by atoms with van der Waals surface area (Å²) in [6, 6.07) is 6.08. The molecular formula is C22H24FN5O4. The molecule has 0 bridgehead atoms. The maximum Gasteiger partial charge on any atom is 0.334 e. The Balaban J connectivity index is 1.49. The quantitative estimate of drug-likeness (QED) is 0.567. The van der Waals surface area contributed by atoms with Gasteiger partial charge in [0.25, 0.3) is 0 Å². The lowest BCUT2D eigenvalue weighted by Crippen LogP contribution is -2.46. The van der Waals surface area contributed by atoms with Gasteiger partial charge in [-0.05, 0) is 49.9 Å². The van der Waals surface area contributed by atoms with Crippen LogP contribution in [0.25, 0.3) is 5.69 Å². The smallest absolute Gasteiger partial charge is 0.309 e. The number of rotatable bonds is 5. The Morgan fingerprint density at radius 1 is 1.12 bits per heavy atom. The third-order valence-corrected chi connectivity index (χ3v) is 5.95. The average molecular weight is 441 g/mol. The van der Waals surface area contributed by atoms with Crippen LogP contribution in [-0.4, -0.2) is 55.9 Å². The van der Waals surface area contributed by atoms with E-state index in [1.165, 1.54) is 28.9 Å². The summed E-state index contributed by atoms with van der Waals surface area (Å²) in [5.74, 6) is -2.54. The highest BCUT2D eigenvalue weighted by Gasteiger charge is 2.49. The molecule has 2 aliphatic rings. The molecule has 2 atom stereocenters. The molecule has 4 rings (SSSR count). The van der Waals surface area contributed by atoms with Crippen LogP contribution in [0.4, 0.5) is 15.0 Å². The van der Waals surface area contributed by atoms with Crippen molar-refractivity contribution in [2.24, 2.45) is 5.92 Å². The van der Waals surface area contributed by atoms with Crippen LogP contribution < -0.4 is 5.32 Å². The molecule has 1 saturated carbocycles. The van der Waals surface area contributed by atoms with Gasteiger partial charge in [-0.15, -0.1) is 0 Å². The third kappa shape index (κ3) is 4.00. The fourth-order valence-corrected chi connectivity index (χ4v) is 4.33. The number of aryl methyl sites for hydroxylation is 1. The van der Waals surface area contributed by atoms with Crippen molar-refractivity contribution in [3.8, 4) is 5.69 Å². The Bertz CT molecular complexity index is 1080. The van der Waals surface area contributed by atoms with Crippen molar-refractivity contribution >= 4 is 29.6 Å². The van der Waals surface area contributed by atoms with Gasteiger partial charge in [0.2, 0.25) is 5.91 Å². The van der Waals surface area contributed by atoms with E-state index in [-0.39, 0.29) is 12.0 Å². The number of aromatic nitrogens is 2. The maximum atomic E-state index is 13.2. The first-order chi connectivity index (χ1) is 15.3. The lowest BCUT2D eigenvalue weighted by atomic mass is 9.85. The average Bonchev–Trinajstić information content (AvgIpc) is 3.21. The van der Waals surface area contributed by atoms with Crippen LogP contribution in [0.1, 0.15) is 38.3 Å². The number of hydrogen-bond donors (Lipinski definition) is 1. The molecule has 32 heavy (non-hydrogen) atoms. The molecule has 5 amide bonds. The lowest BCUT2D eigenvalue weighted by Gasteiger charge is -2.34. The molecule has 2 aromatic rings. The van der Waals surface area contributed by atoms with Crippen LogP contribution in [0, 0.1) is 18.7 Å². The number of carbonyl (C=O) groups is 4. The van der Waals surface area contributed by atoms with E-state index in [9.17, 15) is 23.6 Å². The summed E-state index contributed by atoms with van der Waals surface area (Å²) in [6.45, 7) is 3.10. The standard InChI is InChI=1S/C22H24FN5O4/c1-13-5-3-4-6-17(13)27-21(31)20(30)26(22(27)32)12-19(29)24-18-11-14(2)25-28(18)16-9-7-15(23)8-10-16/h7-11,13,17H,3-6,12H2,1-2H3,(H,24,29)/t13-,17-/m1/s1. The van der Waals surface area contributed by atoms with Crippen molar-refractivity contribution in [3.63, 3.8) is 0 Å². The zero-order chi connectivity index (χ0) is 23.0. The van der Waals surface area contributed by atoms with Gasteiger partial charge in [0, 0.05) is 12.1 Å². The molecule has 0 spiro atoms. The minimum absolute atomic E-state index is 0.103. The van der Waals surface area contributed by atoms with Crippen LogP contribution >= 0.6 is 0 Å². The number of benzene rings is 1. The van der Waals surface area contributed by atoms with Gasteiger partial charge in [0.05, 0.1) is 11.4 Å². The van der Waals surface area contributed by atoms with E-state index in [1.54, 1.807) is 13.0 Å². The van der Waals surface area contributed by atoms with Gasteiger partial charge in [-0.2, -0.15) is 5.10 Å². The van der Waals surface area contributed by atoms with E-state index in [1.807, 2.05) is 6.92 Å². The van der Waals surface area contributed by atoms with Gasteiger partial charge in [0.1, 0.15) is 18.2 Å². The Morgan fingerprint density at radius 3 is 2.50 bits per heavy atom. The summed E-state index contributed by atoms with van der Waals surface area (Å²) in [6.07, 6.45) is 3.44. The molecule has 0 unspecified atom stereocenters. The maximum absolute atomic E-state index is 13.2. The Morgan fingerprint density at radius 2 is 1.81 bits per heavy atom. The van der Waals surface area contributed by atoms with Crippen LogP contribution in [0.5, 0.6) is 0 Å². The number of halogens is 1. The van der Waals surface area contributed by atoms with Crippen molar-refractivity contribution < 1.29 is 23.6 Å². The van der Waals surface area contributed by atoms with Crippen LogP contribution in [0.3, 0.4) is 0 Å². The second-order valence-electron chi connectivity index (χ2n) is 8.29. The molecule has 1 aromatic heterocycles. The van der Waals surface area contributed by atoms with Crippen molar-refractivity contribution in [3.05, 3.63) is 41.8 Å². The third-order valence-electron chi connectivity index (χ3n) is 5.95. The monoisotopic (exact) mass is 441 g/mol. The summed E-state index contributed by atoms with van der Waals surface area (Å²) < 4.78 is 14.7. The van der Waals surface area contributed by atoms with Gasteiger partial charge < -0.3 is 5.32 Å². The van der Waals surface area contributed by atoms with Crippen molar-refractivity contribution in [1.82, 2.24) is 19.6 Å². The van der Waals surface area contributed by atoms with E-state index in [0.717, 1.165) is 24.2 Å². The molecule has 1 saturated heterocycles. The first kappa shape index (κ1) is 21.7. The fourth-order valence-electron chi connectivity index (χ4n) is 4.33. The summed E-state index contributed by atoms with van der Waals surface area (Å²) in [5, 5.41) is 6.91. The van der Waals surface area contributed by atoms with Crippen LogP contribution in [-0.2, 0) is 14.4 Å². The topological polar surface area (TPSA) is 105 Å². The molecule has 9 nitrogen and oxygen atoms in total. The van der Waals surface area contributed by atoms with Gasteiger partial charge >= 0.3 is 17.8 Å². The number of hydrogen-bond acceptors (Lipinski definition) is 5. The first-order valence-electron chi connectivity index (χ1n) is 10.6. The molecule has 1 N–H and O–H groups in total. The molecular weight excluding hydrogens is 417 g/mol. The van der Waals surface area contributed by atoms with Crippen molar-refractivity contribution in [1.29, 1.82) is 0 Å². The molecule has 1 aromatic carbocycles. The number of anilines is 1. The Labute approximate surface area is 184 Å². The van der Waals surface area contributed by atoms with Gasteiger partial charge in [0.15, 0.2) is 0 Å². The molecule has 0 radical (unpaired) electrons. The normalized spacial score (nSPS) is 21.4. The Kier molecular flexibility index (Phi) is 5.77. The number of urea groups is 1. The van der Waals surface area contributed by atoms with Crippen LogP contribution in [0.2, 0.25) is 0 Å². The van der Waals surface area contributed by atoms with E-state index < -0.39 is 36.1 Å². The zero-order valence-electron chi connectivity index (χ0n) is 17.9. The van der Waals surface area contributed by atoms with E-state index in [0.29, 0.717) is 28.5 Å². The highest BCUT2D eigenvalue weighted by atomic mass is 19.1. The molecule has 10 heteroatoms. The summed E-state index contributed by atoms with van der Waals surface area (Å²) in [7, 11) is 0. The molecule has 1 aliphatic carbocycles. The predicted molar refractivity (Wildman–Crippen MR) is 112 cm³/mol. The zero-order valence-corrected chi connectivity index (χ0v) is 17.9. The number of carbonyl (C=O) groups excluding carboxylic acids is 4. The minimum atomic E-state index is -0.994. The number of nitrogens with one attached hydrogen (secondary N) is 1. The first-order valence-corrected chi connectivity index (χ1v) is 10.6. The Hall–Kier alpha value is -3.56. The largest absolute Gasteiger partial charge is 0.334 e. The van der Waals surface area contributed by atoms with Gasteiger partial charge in [-0.1, -0.05) is 19.8 Å². The second-order valence-corrected chi connectivity index (χ2v) is 8.29. The highest BCUT2D eigenvalue weighted by Crippen LogP contribution is 2.31. The second kappa shape index (κ2) is 8.52. The lowest BCUT2D eigenvalue weighted by molar-refractivity contribution is -0.145. The number of imide groups is 2. The summed E-state index contributed by atoms with van der Waals surface area (Å²) in [4.78, 5) is 52.2. The van der Waals surface area contributed by atoms with Crippen molar-refractivity contribution in [2.75, 3.05) is 11.9 Å². The predicted octanol–water partition coefficient (Wildman–Crippen LogP) is 2.63. The fraction of sp³-hybridized carbons (Fsp3) is 0.409. The van der Waals surface area contributed by atoms with Crippen LogP contribution in [0.15, 0.2) is 30.3 Å². The summed E-state index contributed by atoms with van der Waals surface area (Å²) in [5.41, 5.74) is 1.13. The highest BCUT2D eigenvalue weighted by molar-refractivity contribution is 6.45. The minimum Gasteiger partial charge on any atom is -0.309 e. The molecule has 2 fully saturated rings. The number of nitrogens with zero attached hydrogens (tertiary/aromatic N) is 4. The number of amides is 5. The van der Waals surface area contributed by atoms with Crippen molar-refractivity contribution in [2.45, 2.75) is 45.6 Å². The molecule has 2 heterocycles. The summed E-state index contributed by atoms with van der Waals surface area (Å²) >= 11 is 0. The SMILES string of the molecule is Cc1cc(NC(=O)CN2C(=O)C(=O)N([C@@H]3CCCC[C@H]3C)C2=O)n(-c2ccc(F)cc2)n1. The van der Waals surface area contributed by atoms with E-state index >= 15 is 0 Å². The van der Waals surface area contributed by atoms with E-state index in [4.69, 9.17) is 0 Å². The van der Waals surface area contributed by atoms with E-state index in [2.05, 4.69) is 10.4 Å².